The molecule has 0 bridgehead atoms. The first kappa shape index (κ1) is 18.0. The number of fused-ring (bicyclic) bond motifs is 1. The molecule has 1 fully saturated rings. The van der Waals surface area contributed by atoms with Crippen LogP contribution in [0.2, 0.25) is 0 Å². The molecule has 1 amide bonds. The average Bonchev–Trinajstić information content (AvgIpc) is 2.93. The van der Waals surface area contributed by atoms with Crippen LogP contribution in [-0.2, 0) is 4.79 Å². The van der Waals surface area contributed by atoms with Gasteiger partial charge in [-0.15, -0.1) is 0 Å². The number of phenols is 2. The first-order valence-corrected chi connectivity index (χ1v) is 9.80. The molecule has 1 aliphatic rings. The second-order valence-corrected chi connectivity index (χ2v) is 8.26. The maximum absolute atomic E-state index is 13.0. The van der Waals surface area contributed by atoms with Crippen LogP contribution in [0.4, 0.5) is 5.69 Å². The number of pyridine rings is 1. The van der Waals surface area contributed by atoms with Crippen molar-refractivity contribution in [2.24, 2.45) is 0 Å². The zero-order valence-electron chi connectivity index (χ0n) is 13.6. The zero-order chi connectivity index (χ0) is 19.1. The Bertz CT molecular complexity index is 1150. The molecule has 8 heteroatoms. The van der Waals surface area contributed by atoms with E-state index in [4.69, 9.17) is 12.2 Å². The van der Waals surface area contributed by atoms with E-state index in [0.717, 1.165) is 9.86 Å². The van der Waals surface area contributed by atoms with E-state index in [-0.39, 0.29) is 17.4 Å². The number of halogens is 1. The Morgan fingerprint density at radius 2 is 1.96 bits per heavy atom. The van der Waals surface area contributed by atoms with E-state index in [0.29, 0.717) is 26.0 Å². The van der Waals surface area contributed by atoms with Gasteiger partial charge in [0.1, 0.15) is 0 Å². The number of aromatic nitrogens is 1. The van der Waals surface area contributed by atoms with Crippen molar-refractivity contribution in [1.82, 2.24) is 4.98 Å². The van der Waals surface area contributed by atoms with Crippen LogP contribution in [0.15, 0.2) is 58.0 Å². The van der Waals surface area contributed by atoms with Crippen molar-refractivity contribution in [3.8, 4) is 11.5 Å². The van der Waals surface area contributed by atoms with Crippen LogP contribution in [0, 0.1) is 0 Å². The number of phenolic OH excluding ortho intramolecular Hbond substituents is 2. The van der Waals surface area contributed by atoms with Gasteiger partial charge >= 0.3 is 0 Å². The van der Waals surface area contributed by atoms with Crippen molar-refractivity contribution < 1.29 is 15.0 Å². The van der Waals surface area contributed by atoms with E-state index in [1.165, 1.54) is 28.8 Å². The molecule has 0 atom stereocenters. The van der Waals surface area contributed by atoms with Gasteiger partial charge in [0, 0.05) is 16.1 Å². The largest absolute Gasteiger partial charge is 0.504 e. The van der Waals surface area contributed by atoms with E-state index in [1.807, 2.05) is 18.2 Å². The molecule has 1 aliphatic heterocycles. The molecule has 0 unspecified atom stereocenters. The Hall–Kier alpha value is -2.42. The van der Waals surface area contributed by atoms with E-state index in [2.05, 4.69) is 20.9 Å². The lowest BCUT2D eigenvalue weighted by Gasteiger charge is -2.17. The van der Waals surface area contributed by atoms with Crippen LogP contribution in [0.1, 0.15) is 5.56 Å². The van der Waals surface area contributed by atoms with Crippen molar-refractivity contribution in [2.45, 2.75) is 0 Å². The highest BCUT2D eigenvalue weighted by Crippen LogP contribution is 2.40. The fraction of sp³-hybridized carbons (Fsp3) is 0. The van der Waals surface area contributed by atoms with Gasteiger partial charge in [-0.25, -0.2) is 0 Å². The molecule has 2 N–H and O–H groups in total. The number of hydrogen-bond donors (Lipinski definition) is 2. The number of aromatic hydroxyl groups is 2. The molecule has 3 aromatic rings. The second kappa shape index (κ2) is 6.95. The Morgan fingerprint density at radius 3 is 2.74 bits per heavy atom. The van der Waals surface area contributed by atoms with Crippen LogP contribution in [-0.4, -0.2) is 25.4 Å². The van der Waals surface area contributed by atoms with Crippen molar-refractivity contribution in [1.29, 1.82) is 0 Å². The van der Waals surface area contributed by atoms with Crippen LogP contribution < -0.4 is 4.90 Å². The summed E-state index contributed by atoms with van der Waals surface area (Å²) in [5.41, 5.74) is 1.88. The molecule has 0 saturated carbocycles. The van der Waals surface area contributed by atoms with Gasteiger partial charge in [0.2, 0.25) is 0 Å². The number of benzene rings is 2. The fourth-order valence-electron chi connectivity index (χ4n) is 2.76. The number of rotatable bonds is 2. The smallest absolute Gasteiger partial charge is 0.270 e. The number of anilines is 1. The SMILES string of the molecule is O=C1/C(=C/c2ccc(O)c(O)c2)SC(=S)N1c1ccc(Br)c2cccnc12. The topological polar surface area (TPSA) is 73.7 Å². The summed E-state index contributed by atoms with van der Waals surface area (Å²) in [4.78, 5) is 19.3. The minimum Gasteiger partial charge on any atom is -0.504 e. The molecular formula is C19H11BrN2O3S2. The van der Waals surface area contributed by atoms with Crippen molar-refractivity contribution in [3.05, 3.63) is 63.6 Å². The molecular weight excluding hydrogens is 448 g/mol. The Labute approximate surface area is 172 Å². The van der Waals surface area contributed by atoms with Crippen LogP contribution in [0.5, 0.6) is 11.5 Å². The maximum atomic E-state index is 13.0. The summed E-state index contributed by atoms with van der Waals surface area (Å²) in [7, 11) is 0. The minimum atomic E-state index is -0.258. The number of amides is 1. The summed E-state index contributed by atoms with van der Waals surface area (Å²) in [6.45, 7) is 0. The Balaban J connectivity index is 1.77. The zero-order valence-corrected chi connectivity index (χ0v) is 16.8. The van der Waals surface area contributed by atoms with Gasteiger partial charge in [-0.1, -0.05) is 52.0 Å². The molecule has 2 heterocycles. The Kier molecular flexibility index (Phi) is 4.63. The van der Waals surface area contributed by atoms with Gasteiger partial charge in [-0.05, 0) is 42.0 Å². The third kappa shape index (κ3) is 3.20. The lowest BCUT2D eigenvalue weighted by molar-refractivity contribution is -0.113. The molecule has 1 aromatic heterocycles. The lowest BCUT2D eigenvalue weighted by atomic mass is 10.1. The number of hydrogen-bond acceptors (Lipinski definition) is 6. The molecule has 5 nitrogen and oxygen atoms in total. The van der Waals surface area contributed by atoms with E-state index in [9.17, 15) is 15.0 Å². The minimum absolute atomic E-state index is 0.216. The highest BCUT2D eigenvalue weighted by molar-refractivity contribution is 9.10. The van der Waals surface area contributed by atoms with Gasteiger partial charge in [0.25, 0.3) is 5.91 Å². The standard InChI is InChI=1S/C19H11BrN2O3S2/c20-12-4-5-13(17-11(12)2-1-7-21-17)22-18(25)16(27-19(22)26)9-10-3-6-14(23)15(24)8-10/h1-9,23-24H/b16-9-. The molecule has 27 heavy (non-hydrogen) atoms. The first-order valence-electron chi connectivity index (χ1n) is 7.79. The lowest BCUT2D eigenvalue weighted by Crippen LogP contribution is -2.27. The summed E-state index contributed by atoms with van der Waals surface area (Å²) < 4.78 is 1.29. The normalized spacial score (nSPS) is 15.9. The van der Waals surface area contributed by atoms with E-state index >= 15 is 0 Å². The van der Waals surface area contributed by atoms with Gasteiger partial charge < -0.3 is 10.2 Å². The van der Waals surface area contributed by atoms with Crippen molar-refractivity contribution >= 4 is 72.8 Å². The molecule has 0 radical (unpaired) electrons. The monoisotopic (exact) mass is 458 g/mol. The average molecular weight is 459 g/mol. The highest BCUT2D eigenvalue weighted by atomic mass is 79.9. The third-order valence-electron chi connectivity index (χ3n) is 4.03. The highest BCUT2D eigenvalue weighted by Gasteiger charge is 2.34. The first-order chi connectivity index (χ1) is 13.0. The number of thiocarbonyl (C=S) groups is 1. The van der Waals surface area contributed by atoms with Gasteiger partial charge in [-0.3, -0.25) is 14.7 Å². The van der Waals surface area contributed by atoms with Crippen molar-refractivity contribution in [3.63, 3.8) is 0 Å². The van der Waals surface area contributed by atoms with Crippen LogP contribution in [0.3, 0.4) is 0 Å². The predicted molar refractivity (Wildman–Crippen MR) is 115 cm³/mol. The summed E-state index contributed by atoms with van der Waals surface area (Å²) in [5, 5.41) is 20.0. The maximum Gasteiger partial charge on any atom is 0.270 e. The number of thioether (sulfide) groups is 1. The molecule has 0 aliphatic carbocycles. The summed E-state index contributed by atoms with van der Waals surface area (Å²) >= 11 is 10.1. The van der Waals surface area contributed by atoms with Crippen LogP contribution >= 0.6 is 39.9 Å². The number of carbonyl (C=O) groups is 1. The molecule has 1 saturated heterocycles. The Morgan fingerprint density at radius 1 is 1.15 bits per heavy atom. The van der Waals surface area contributed by atoms with Gasteiger partial charge in [0.05, 0.1) is 16.1 Å². The summed E-state index contributed by atoms with van der Waals surface area (Å²) in [5.74, 6) is -0.721. The van der Waals surface area contributed by atoms with Crippen LogP contribution in [0.25, 0.3) is 17.0 Å². The molecule has 0 spiro atoms. The van der Waals surface area contributed by atoms with E-state index in [1.54, 1.807) is 24.4 Å². The van der Waals surface area contributed by atoms with E-state index < -0.39 is 0 Å². The van der Waals surface area contributed by atoms with Crippen molar-refractivity contribution in [2.75, 3.05) is 4.90 Å². The van der Waals surface area contributed by atoms with Gasteiger partial charge in [-0.2, -0.15) is 0 Å². The molecule has 2 aromatic carbocycles. The second-order valence-electron chi connectivity index (χ2n) is 5.73. The molecule has 4 rings (SSSR count). The third-order valence-corrected chi connectivity index (χ3v) is 6.02. The predicted octanol–water partition coefficient (Wildman–Crippen LogP) is 4.81. The summed E-state index contributed by atoms with van der Waals surface area (Å²) in [6, 6.07) is 11.8. The van der Waals surface area contributed by atoms with Gasteiger partial charge in [0.15, 0.2) is 15.8 Å². The fourth-order valence-corrected chi connectivity index (χ4v) is 4.50. The summed E-state index contributed by atoms with van der Waals surface area (Å²) in [6.07, 6.45) is 3.30. The quantitative estimate of drug-likeness (QED) is 0.326. The number of carbonyl (C=O) groups excluding carboxylic acids is 1. The number of nitrogens with zero attached hydrogens (tertiary/aromatic N) is 2. The molecule has 134 valence electrons.